The molecule has 1 aliphatic carbocycles. The predicted octanol–water partition coefficient (Wildman–Crippen LogP) is 2.36. The van der Waals surface area contributed by atoms with Crippen molar-refractivity contribution in [2.75, 3.05) is 6.61 Å². The van der Waals surface area contributed by atoms with Crippen LogP contribution in [-0.2, 0) is 0 Å². The summed E-state index contributed by atoms with van der Waals surface area (Å²) in [6.45, 7) is 6.45. The summed E-state index contributed by atoms with van der Waals surface area (Å²) in [5.41, 5.74) is 1.39. The van der Waals surface area contributed by atoms with Crippen molar-refractivity contribution < 1.29 is 5.11 Å². The highest BCUT2D eigenvalue weighted by Crippen LogP contribution is 2.31. The van der Waals surface area contributed by atoms with Gasteiger partial charge in [0.1, 0.15) is 0 Å². The number of aliphatic hydroxyl groups is 1. The summed E-state index contributed by atoms with van der Waals surface area (Å²) in [6.07, 6.45) is 4.82. The van der Waals surface area contributed by atoms with Gasteiger partial charge in [-0.2, -0.15) is 0 Å². The number of hydrogen-bond acceptors (Lipinski definition) is 1. The van der Waals surface area contributed by atoms with E-state index in [-0.39, 0.29) is 0 Å². The first-order valence-corrected chi connectivity index (χ1v) is 4.51. The van der Waals surface area contributed by atoms with Gasteiger partial charge < -0.3 is 5.11 Å². The van der Waals surface area contributed by atoms with Gasteiger partial charge in [0.15, 0.2) is 0 Å². The maximum absolute atomic E-state index is 8.93. The van der Waals surface area contributed by atoms with Gasteiger partial charge in [-0.15, -0.1) is 0 Å². The SMILES string of the molecule is C=C1CCC(C(C)CO)CC1. The first-order valence-electron chi connectivity index (χ1n) is 4.51. The van der Waals surface area contributed by atoms with Gasteiger partial charge in [-0.1, -0.05) is 19.1 Å². The minimum Gasteiger partial charge on any atom is -0.396 e. The summed E-state index contributed by atoms with van der Waals surface area (Å²) in [7, 11) is 0. The zero-order valence-corrected chi connectivity index (χ0v) is 7.34. The quantitative estimate of drug-likeness (QED) is 0.605. The van der Waals surface area contributed by atoms with Crippen molar-refractivity contribution in [3.8, 4) is 0 Å². The molecular formula is C10H18O. The highest BCUT2D eigenvalue weighted by atomic mass is 16.3. The molecule has 1 heteroatoms. The molecule has 64 valence electrons. The van der Waals surface area contributed by atoms with Crippen molar-refractivity contribution in [2.45, 2.75) is 32.6 Å². The second-order valence-electron chi connectivity index (χ2n) is 3.75. The van der Waals surface area contributed by atoms with Gasteiger partial charge in [0.25, 0.3) is 0 Å². The number of rotatable bonds is 2. The van der Waals surface area contributed by atoms with Crippen LogP contribution in [0, 0.1) is 11.8 Å². The van der Waals surface area contributed by atoms with Crippen LogP contribution in [0.3, 0.4) is 0 Å². The highest BCUT2D eigenvalue weighted by Gasteiger charge is 2.20. The molecule has 11 heavy (non-hydrogen) atoms. The Labute approximate surface area is 69.1 Å². The molecule has 0 amide bonds. The van der Waals surface area contributed by atoms with Gasteiger partial charge in [0.2, 0.25) is 0 Å². The van der Waals surface area contributed by atoms with E-state index in [4.69, 9.17) is 5.11 Å². The minimum absolute atomic E-state index is 0.344. The molecule has 0 spiro atoms. The monoisotopic (exact) mass is 154 g/mol. The summed E-state index contributed by atoms with van der Waals surface area (Å²) in [5.74, 6) is 1.23. The third kappa shape index (κ3) is 2.33. The molecular weight excluding hydrogens is 136 g/mol. The van der Waals surface area contributed by atoms with Crippen LogP contribution in [-0.4, -0.2) is 11.7 Å². The lowest BCUT2D eigenvalue weighted by atomic mass is 9.80. The van der Waals surface area contributed by atoms with Crippen molar-refractivity contribution in [1.29, 1.82) is 0 Å². The molecule has 1 nitrogen and oxygen atoms in total. The molecule has 1 N–H and O–H groups in total. The molecule has 0 aromatic heterocycles. The zero-order valence-electron chi connectivity index (χ0n) is 7.34. The van der Waals surface area contributed by atoms with Gasteiger partial charge in [-0.3, -0.25) is 0 Å². The predicted molar refractivity (Wildman–Crippen MR) is 47.3 cm³/mol. The molecule has 0 aliphatic heterocycles. The molecule has 0 radical (unpaired) electrons. The number of hydrogen-bond donors (Lipinski definition) is 1. The number of allylic oxidation sites excluding steroid dienone is 1. The van der Waals surface area contributed by atoms with Crippen LogP contribution in [0.4, 0.5) is 0 Å². The van der Waals surface area contributed by atoms with Crippen LogP contribution >= 0.6 is 0 Å². The van der Waals surface area contributed by atoms with E-state index >= 15 is 0 Å². The first kappa shape index (κ1) is 8.79. The largest absolute Gasteiger partial charge is 0.396 e. The van der Waals surface area contributed by atoms with Crippen molar-refractivity contribution in [2.24, 2.45) is 11.8 Å². The van der Waals surface area contributed by atoms with E-state index in [0.29, 0.717) is 12.5 Å². The molecule has 0 aromatic carbocycles. The van der Waals surface area contributed by atoms with Gasteiger partial charge in [0.05, 0.1) is 0 Å². The van der Waals surface area contributed by atoms with E-state index in [1.54, 1.807) is 0 Å². The summed E-state index contributed by atoms with van der Waals surface area (Å²) in [5, 5.41) is 8.93. The first-order chi connectivity index (χ1) is 5.24. The number of aliphatic hydroxyl groups excluding tert-OH is 1. The molecule has 1 fully saturated rings. The third-order valence-corrected chi connectivity index (χ3v) is 2.83. The van der Waals surface area contributed by atoms with Crippen molar-refractivity contribution in [1.82, 2.24) is 0 Å². The van der Waals surface area contributed by atoms with Gasteiger partial charge in [-0.05, 0) is 37.5 Å². The van der Waals surface area contributed by atoms with E-state index in [1.807, 2.05) is 0 Å². The van der Waals surface area contributed by atoms with Crippen LogP contribution < -0.4 is 0 Å². The van der Waals surface area contributed by atoms with Gasteiger partial charge in [0, 0.05) is 6.61 Å². The minimum atomic E-state index is 0.344. The smallest absolute Gasteiger partial charge is 0.0459 e. The molecule has 1 saturated carbocycles. The zero-order chi connectivity index (χ0) is 8.27. The van der Waals surface area contributed by atoms with E-state index < -0.39 is 0 Å². The van der Waals surface area contributed by atoms with E-state index in [0.717, 1.165) is 5.92 Å². The molecule has 1 unspecified atom stereocenters. The summed E-state index contributed by atoms with van der Waals surface area (Å²) >= 11 is 0. The van der Waals surface area contributed by atoms with Crippen LogP contribution in [0.2, 0.25) is 0 Å². The second-order valence-corrected chi connectivity index (χ2v) is 3.75. The molecule has 1 aliphatic rings. The lowest BCUT2D eigenvalue weighted by Crippen LogP contribution is -2.18. The fourth-order valence-electron chi connectivity index (χ4n) is 1.77. The maximum Gasteiger partial charge on any atom is 0.0459 e. The Morgan fingerprint density at radius 1 is 1.55 bits per heavy atom. The molecule has 0 aromatic rings. The Kier molecular flexibility index (Phi) is 3.13. The second kappa shape index (κ2) is 3.91. The van der Waals surface area contributed by atoms with E-state index in [1.165, 1.54) is 31.3 Å². The normalized spacial score (nSPS) is 23.6. The van der Waals surface area contributed by atoms with Crippen LogP contribution in [0.15, 0.2) is 12.2 Å². The highest BCUT2D eigenvalue weighted by molar-refractivity contribution is 4.98. The average molecular weight is 154 g/mol. The third-order valence-electron chi connectivity index (χ3n) is 2.83. The Morgan fingerprint density at radius 3 is 2.55 bits per heavy atom. The molecule has 0 saturated heterocycles. The summed E-state index contributed by atoms with van der Waals surface area (Å²) in [4.78, 5) is 0. The standard InChI is InChI=1S/C10H18O/c1-8-3-5-10(6-4-8)9(2)7-11/h9-11H,1,3-7H2,2H3. The van der Waals surface area contributed by atoms with Crippen LogP contribution in [0.25, 0.3) is 0 Å². The lowest BCUT2D eigenvalue weighted by Gasteiger charge is -2.27. The summed E-state index contributed by atoms with van der Waals surface area (Å²) < 4.78 is 0. The molecule has 0 bridgehead atoms. The fraction of sp³-hybridized carbons (Fsp3) is 0.800. The Hall–Kier alpha value is -0.300. The topological polar surface area (TPSA) is 20.2 Å². The van der Waals surface area contributed by atoms with Gasteiger partial charge in [-0.25, -0.2) is 0 Å². The molecule has 1 rings (SSSR count). The molecule has 1 atom stereocenters. The lowest BCUT2D eigenvalue weighted by molar-refractivity contribution is 0.169. The van der Waals surface area contributed by atoms with Gasteiger partial charge >= 0.3 is 0 Å². The maximum atomic E-state index is 8.93. The van der Waals surface area contributed by atoms with E-state index in [2.05, 4.69) is 13.5 Å². The fourth-order valence-corrected chi connectivity index (χ4v) is 1.77. The van der Waals surface area contributed by atoms with Crippen molar-refractivity contribution in [3.63, 3.8) is 0 Å². The summed E-state index contributed by atoms with van der Waals surface area (Å²) in [6, 6.07) is 0. The van der Waals surface area contributed by atoms with Crippen molar-refractivity contribution in [3.05, 3.63) is 12.2 Å². The van der Waals surface area contributed by atoms with Crippen LogP contribution in [0.5, 0.6) is 0 Å². The Balaban J connectivity index is 2.32. The average Bonchev–Trinajstić information content (AvgIpc) is 2.05. The Bertz CT molecular complexity index is 130. The Morgan fingerprint density at radius 2 is 2.09 bits per heavy atom. The van der Waals surface area contributed by atoms with Crippen LogP contribution in [0.1, 0.15) is 32.6 Å². The van der Waals surface area contributed by atoms with Crippen molar-refractivity contribution >= 4 is 0 Å². The molecule has 0 heterocycles. The van der Waals surface area contributed by atoms with E-state index in [9.17, 15) is 0 Å².